The molecule has 0 aliphatic carbocycles. The van der Waals surface area contributed by atoms with Crippen LogP contribution in [0.2, 0.25) is 5.02 Å². The summed E-state index contributed by atoms with van der Waals surface area (Å²) in [5.74, 6) is 1.52. The van der Waals surface area contributed by atoms with Crippen molar-refractivity contribution in [1.29, 1.82) is 0 Å². The van der Waals surface area contributed by atoms with Gasteiger partial charge in [-0.25, -0.2) is 0 Å². The molecule has 0 bridgehead atoms. The van der Waals surface area contributed by atoms with Crippen LogP contribution in [0.5, 0.6) is 17.2 Å². The van der Waals surface area contributed by atoms with Crippen LogP contribution in [-0.4, -0.2) is 31.8 Å². The van der Waals surface area contributed by atoms with E-state index in [1.165, 1.54) is 14.2 Å². The zero-order valence-corrected chi connectivity index (χ0v) is 16.7. The van der Waals surface area contributed by atoms with Crippen molar-refractivity contribution >= 4 is 40.5 Å². The molecule has 0 atom stereocenters. The molecule has 0 fully saturated rings. The van der Waals surface area contributed by atoms with Crippen molar-refractivity contribution in [2.24, 2.45) is 0 Å². The van der Waals surface area contributed by atoms with Crippen LogP contribution < -0.4 is 24.8 Å². The maximum absolute atomic E-state index is 12.0. The van der Waals surface area contributed by atoms with E-state index in [0.717, 1.165) is 5.75 Å². The lowest BCUT2D eigenvalue weighted by atomic mass is 10.2. The molecule has 6 nitrogen and oxygen atoms in total. The Morgan fingerprint density at radius 1 is 1.11 bits per heavy atom. The largest absolute Gasteiger partial charge is 0.495 e. The maximum atomic E-state index is 12.0. The number of hydrogen-bond donors (Lipinski definition) is 2. The van der Waals surface area contributed by atoms with Gasteiger partial charge in [-0.05, 0) is 30.8 Å². The highest BCUT2D eigenvalue weighted by atomic mass is 35.5. The zero-order chi connectivity index (χ0) is 19.6. The number of nitrogens with one attached hydrogen (secondary N) is 2. The third-order valence-corrected chi connectivity index (χ3v) is 4.03. The number of hydrogen-bond acceptors (Lipinski definition) is 5. The van der Waals surface area contributed by atoms with Gasteiger partial charge in [-0.3, -0.25) is 4.79 Å². The van der Waals surface area contributed by atoms with E-state index >= 15 is 0 Å². The van der Waals surface area contributed by atoms with Crippen molar-refractivity contribution in [2.45, 2.75) is 12.8 Å². The molecule has 0 heterocycles. The molecule has 2 rings (SSSR count). The Bertz CT molecular complexity index is 787. The summed E-state index contributed by atoms with van der Waals surface area (Å²) in [5, 5.41) is 6.11. The average molecular weight is 409 g/mol. The Balaban J connectivity index is 1.80. The van der Waals surface area contributed by atoms with E-state index < -0.39 is 0 Å². The summed E-state index contributed by atoms with van der Waals surface area (Å²) in [6, 6.07) is 12.7. The van der Waals surface area contributed by atoms with Crippen molar-refractivity contribution in [3.63, 3.8) is 0 Å². The third kappa shape index (κ3) is 6.62. The molecule has 27 heavy (non-hydrogen) atoms. The number of rotatable bonds is 8. The molecule has 1 amide bonds. The Kier molecular flexibility index (Phi) is 8.16. The number of para-hydroxylation sites is 1. The van der Waals surface area contributed by atoms with Gasteiger partial charge in [-0.1, -0.05) is 29.8 Å². The van der Waals surface area contributed by atoms with Crippen LogP contribution in [0, 0.1) is 0 Å². The lowest BCUT2D eigenvalue weighted by Crippen LogP contribution is -2.34. The van der Waals surface area contributed by atoms with E-state index in [9.17, 15) is 4.79 Å². The van der Waals surface area contributed by atoms with Gasteiger partial charge in [0.1, 0.15) is 17.2 Å². The predicted octanol–water partition coefficient (Wildman–Crippen LogP) is 4.03. The zero-order valence-electron chi connectivity index (χ0n) is 15.1. The Morgan fingerprint density at radius 2 is 1.81 bits per heavy atom. The molecule has 0 aromatic heterocycles. The smallest absolute Gasteiger partial charge is 0.226 e. The number of anilines is 1. The van der Waals surface area contributed by atoms with Crippen LogP contribution >= 0.6 is 23.8 Å². The summed E-state index contributed by atoms with van der Waals surface area (Å²) < 4.78 is 16.0. The number of halogens is 1. The summed E-state index contributed by atoms with van der Waals surface area (Å²) in [4.78, 5) is 12.0. The fourth-order valence-electron chi connectivity index (χ4n) is 2.24. The number of methoxy groups -OCH3 is 2. The fourth-order valence-corrected chi connectivity index (χ4v) is 2.69. The second-order valence-corrected chi connectivity index (χ2v) is 6.27. The van der Waals surface area contributed by atoms with Crippen LogP contribution in [0.3, 0.4) is 0 Å². The van der Waals surface area contributed by atoms with Crippen LogP contribution in [0.15, 0.2) is 42.5 Å². The van der Waals surface area contributed by atoms with E-state index in [-0.39, 0.29) is 17.4 Å². The molecule has 0 spiro atoms. The predicted molar refractivity (Wildman–Crippen MR) is 110 cm³/mol. The minimum Gasteiger partial charge on any atom is -0.495 e. The quantitative estimate of drug-likeness (QED) is 0.507. The number of benzene rings is 2. The number of ether oxygens (including phenoxy) is 3. The fraction of sp³-hybridized carbons (Fsp3) is 0.263. The minimum absolute atomic E-state index is 0.159. The first-order valence-corrected chi connectivity index (χ1v) is 9.02. The van der Waals surface area contributed by atoms with Crippen molar-refractivity contribution in [1.82, 2.24) is 5.32 Å². The summed E-state index contributed by atoms with van der Waals surface area (Å²) in [6.45, 7) is 0.444. The van der Waals surface area contributed by atoms with Gasteiger partial charge in [-0.15, -0.1) is 0 Å². The molecule has 0 aliphatic heterocycles. The second-order valence-electron chi connectivity index (χ2n) is 5.45. The van der Waals surface area contributed by atoms with Gasteiger partial charge in [0.25, 0.3) is 0 Å². The summed E-state index contributed by atoms with van der Waals surface area (Å²) in [7, 11) is 3.02. The van der Waals surface area contributed by atoms with Crippen molar-refractivity contribution in [3.8, 4) is 17.2 Å². The standard InChI is InChI=1S/C19H21ClN2O4S/c1-24-16-12-15(17(25-2)11-14(16)20)21-19(27)22-18(23)9-6-10-26-13-7-4-3-5-8-13/h3-5,7-8,11-12H,6,9-10H2,1-2H3,(H2,21,22,23,27). The van der Waals surface area contributed by atoms with Crippen LogP contribution in [0.25, 0.3) is 0 Å². The lowest BCUT2D eigenvalue weighted by molar-refractivity contribution is -0.119. The highest BCUT2D eigenvalue weighted by molar-refractivity contribution is 7.80. The molecule has 144 valence electrons. The minimum atomic E-state index is -0.205. The lowest BCUT2D eigenvalue weighted by Gasteiger charge is -2.15. The second kappa shape index (κ2) is 10.6. The van der Waals surface area contributed by atoms with Crippen molar-refractivity contribution < 1.29 is 19.0 Å². The normalized spacial score (nSPS) is 10.0. The topological polar surface area (TPSA) is 68.8 Å². The summed E-state index contributed by atoms with van der Waals surface area (Å²) in [5.41, 5.74) is 0.538. The summed E-state index contributed by atoms with van der Waals surface area (Å²) in [6.07, 6.45) is 0.858. The first-order chi connectivity index (χ1) is 13.0. The van der Waals surface area contributed by atoms with E-state index in [1.807, 2.05) is 30.3 Å². The van der Waals surface area contributed by atoms with Crippen molar-refractivity contribution in [2.75, 3.05) is 26.1 Å². The highest BCUT2D eigenvalue weighted by Crippen LogP contribution is 2.35. The van der Waals surface area contributed by atoms with Gasteiger partial charge in [0.15, 0.2) is 5.11 Å². The van der Waals surface area contributed by atoms with Crippen LogP contribution in [0.4, 0.5) is 5.69 Å². The van der Waals surface area contributed by atoms with Crippen molar-refractivity contribution in [3.05, 3.63) is 47.5 Å². The molecule has 0 aliphatic rings. The van der Waals surface area contributed by atoms with E-state index in [2.05, 4.69) is 10.6 Å². The van der Waals surface area contributed by atoms with E-state index in [0.29, 0.717) is 35.2 Å². The molecule has 2 aromatic carbocycles. The molecular weight excluding hydrogens is 388 g/mol. The SMILES string of the molecule is COc1cc(NC(=S)NC(=O)CCCOc2ccccc2)c(OC)cc1Cl. The van der Waals surface area contributed by atoms with E-state index in [1.54, 1.807) is 12.1 Å². The van der Waals surface area contributed by atoms with Crippen LogP contribution in [0.1, 0.15) is 12.8 Å². The Morgan fingerprint density at radius 3 is 2.48 bits per heavy atom. The molecular formula is C19H21ClN2O4S. The molecule has 2 N–H and O–H groups in total. The Hall–Kier alpha value is -2.51. The molecule has 0 unspecified atom stereocenters. The monoisotopic (exact) mass is 408 g/mol. The van der Waals surface area contributed by atoms with Gasteiger partial charge in [0, 0.05) is 18.6 Å². The molecule has 0 saturated heterocycles. The number of carbonyl (C=O) groups excluding carboxylic acids is 1. The van der Waals surface area contributed by atoms with Gasteiger partial charge in [0.2, 0.25) is 5.91 Å². The molecule has 2 aromatic rings. The van der Waals surface area contributed by atoms with Gasteiger partial charge in [0.05, 0.1) is 31.5 Å². The number of thiocarbonyl (C=S) groups is 1. The molecule has 8 heteroatoms. The van der Waals surface area contributed by atoms with Crippen LogP contribution in [-0.2, 0) is 4.79 Å². The summed E-state index contributed by atoms with van der Waals surface area (Å²) >= 11 is 11.3. The first-order valence-electron chi connectivity index (χ1n) is 8.23. The molecule has 0 radical (unpaired) electrons. The molecule has 0 saturated carbocycles. The van der Waals surface area contributed by atoms with E-state index in [4.69, 9.17) is 38.0 Å². The highest BCUT2D eigenvalue weighted by Gasteiger charge is 2.12. The average Bonchev–Trinajstić information content (AvgIpc) is 2.67. The van der Waals surface area contributed by atoms with Gasteiger partial charge >= 0.3 is 0 Å². The Labute approximate surface area is 168 Å². The first kappa shape index (κ1) is 20.8. The number of carbonyl (C=O) groups is 1. The third-order valence-electron chi connectivity index (χ3n) is 3.54. The number of amides is 1. The van der Waals surface area contributed by atoms with Gasteiger partial charge < -0.3 is 24.8 Å². The van der Waals surface area contributed by atoms with Gasteiger partial charge in [-0.2, -0.15) is 0 Å². The maximum Gasteiger partial charge on any atom is 0.226 e.